The van der Waals surface area contributed by atoms with E-state index in [0.717, 1.165) is 0 Å². The van der Waals surface area contributed by atoms with Gasteiger partial charge in [-0.2, -0.15) is 0 Å². The van der Waals surface area contributed by atoms with Crippen molar-refractivity contribution in [2.75, 3.05) is 13.9 Å². The average molecular weight is 456 g/mol. The molecule has 162 valence electrons. The maximum Gasteiger partial charge on any atom is 0.339 e. The highest BCUT2D eigenvalue weighted by molar-refractivity contribution is 6.35. The lowest BCUT2D eigenvalue weighted by atomic mass is 9.80. The summed E-state index contributed by atoms with van der Waals surface area (Å²) in [6.07, 6.45) is 0.836. The quantitative estimate of drug-likeness (QED) is 0.485. The number of benzene rings is 1. The number of carbonyl (C=O) groups is 3. The lowest BCUT2D eigenvalue weighted by Gasteiger charge is -2.30. The van der Waals surface area contributed by atoms with Gasteiger partial charge in [0, 0.05) is 27.9 Å². The number of rotatable bonds is 7. The standard InChI is InChI=1S/C21H23Cl2NO6/c1-5-6-16(25)29-10-30-21(27)18-12(3)24-11(2)17(20(26)28-4)19(18)14-8-7-13(22)9-15(14)23/h7-9,19,24H,5-6,10H2,1-4H3. The molecular formula is C21H23Cl2NO6. The van der Waals surface area contributed by atoms with Gasteiger partial charge in [0.25, 0.3) is 0 Å². The molecule has 1 aromatic rings. The summed E-state index contributed by atoms with van der Waals surface area (Å²) in [7, 11) is 1.25. The first-order valence-electron chi connectivity index (χ1n) is 9.25. The Morgan fingerprint density at radius 3 is 2.23 bits per heavy atom. The summed E-state index contributed by atoms with van der Waals surface area (Å²) in [5.41, 5.74) is 1.83. The minimum atomic E-state index is -0.859. The zero-order valence-corrected chi connectivity index (χ0v) is 18.6. The molecule has 1 unspecified atom stereocenters. The molecule has 30 heavy (non-hydrogen) atoms. The summed E-state index contributed by atoms with van der Waals surface area (Å²) in [5.74, 6) is -2.71. The molecular weight excluding hydrogens is 433 g/mol. The number of dihydropyridines is 1. The van der Waals surface area contributed by atoms with Gasteiger partial charge >= 0.3 is 17.9 Å². The number of hydrogen-bond acceptors (Lipinski definition) is 7. The third-order valence-electron chi connectivity index (χ3n) is 4.52. The van der Waals surface area contributed by atoms with Crippen LogP contribution in [0.2, 0.25) is 10.0 Å². The second kappa shape index (κ2) is 10.5. The SMILES string of the molecule is CCCC(=O)OCOC(=O)C1=C(C)NC(C)=C(C(=O)OC)C1c1ccc(Cl)cc1Cl. The van der Waals surface area contributed by atoms with Crippen LogP contribution < -0.4 is 5.32 Å². The maximum absolute atomic E-state index is 12.9. The first-order chi connectivity index (χ1) is 14.2. The van der Waals surface area contributed by atoms with E-state index in [0.29, 0.717) is 28.4 Å². The van der Waals surface area contributed by atoms with Gasteiger partial charge in [0.15, 0.2) is 0 Å². The Morgan fingerprint density at radius 2 is 1.67 bits per heavy atom. The second-order valence-electron chi connectivity index (χ2n) is 6.61. The highest BCUT2D eigenvalue weighted by Crippen LogP contribution is 2.42. The summed E-state index contributed by atoms with van der Waals surface area (Å²) in [5, 5.41) is 3.69. The molecule has 1 aliphatic rings. The van der Waals surface area contributed by atoms with E-state index in [-0.39, 0.29) is 22.6 Å². The van der Waals surface area contributed by atoms with Crippen LogP contribution in [0.5, 0.6) is 0 Å². The fourth-order valence-corrected chi connectivity index (χ4v) is 3.71. The molecule has 0 aromatic heterocycles. The predicted octanol–water partition coefficient (Wildman–Crippen LogP) is 4.25. The fraction of sp³-hybridized carbons (Fsp3) is 0.381. The highest BCUT2D eigenvalue weighted by atomic mass is 35.5. The smallest absolute Gasteiger partial charge is 0.339 e. The molecule has 0 saturated heterocycles. The third kappa shape index (κ3) is 5.34. The van der Waals surface area contributed by atoms with Gasteiger partial charge in [-0.05, 0) is 38.0 Å². The zero-order chi connectivity index (χ0) is 22.4. The van der Waals surface area contributed by atoms with E-state index in [1.54, 1.807) is 26.0 Å². The molecule has 1 aliphatic heterocycles. The number of esters is 3. The molecule has 0 radical (unpaired) electrons. The van der Waals surface area contributed by atoms with E-state index in [4.69, 9.17) is 37.4 Å². The average Bonchev–Trinajstić information content (AvgIpc) is 2.67. The zero-order valence-electron chi connectivity index (χ0n) is 17.1. The number of methoxy groups -OCH3 is 1. The molecule has 0 aliphatic carbocycles. The first-order valence-corrected chi connectivity index (χ1v) is 10.0. The summed E-state index contributed by atoms with van der Waals surface area (Å²) in [4.78, 5) is 37.0. The molecule has 1 N–H and O–H groups in total. The molecule has 1 atom stereocenters. The summed E-state index contributed by atoms with van der Waals surface area (Å²) < 4.78 is 15.0. The highest BCUT2D eigenvalue weighted by Gasteiger charge is 2.38. The van der Waals surface area contributed by atoms with Gasteiger partial charge in [-0.25, -0.2) is 9.59 Å². The lowest BCUT2D eigenvalue weighted by molar-refractivity contribution is -0.164. The van der Waals surface area contributed by atoms with Crippen LogP contribution in [0.4, 0.5) is 0 Å². The molecule has 1 aromatic carbocycles. The van der Waals surface area contributed by atoms with Crippen molar-refractivity contribution in [1.82, 2.24) is 5.32 Å². The van der Waals surface area contributed by atoms with E-state index in [9.17, 15) is 14.4 Å². The maximum atomic E-state index is 12.9. The summed E-state index contributed by atoms with van der Waals surface area (Å²) in [6, 6.07) is 4.77. The van der Waals surface area contributed by atoms with Gasteiger partial charge < -0.3 is 19.5 Å². The Labute approximate surface area is 185 Å². The van der Waals surface area contributed by atoms with Gasteiger partial charge in [0.1, 0.15) is 0 Å². The molecule has 1 heterocycles. The Hall–Kier alpha value is -2.51. The van der Waals surface area contributed by atoms with Crippen LogP contribution in [-0.4, -0.2) is 31.8 Å². The predicted molar refractivity (Wildman–Crippen MR) is 112 cm³/mol. The van der Waals surface area contributed by atoms with Crippen molar-refractivity contribution in [1.29, 1.82) is 0 Å². The summed E-state index contributed by atoms with van der Waals surface area (Å²) >= 11 is 12.4. The van der Waals surface area contributed by atoms with Crippen LogP contribution in [0.25, 0.3) is 0 Å². The number of halogens is 2. The topological polar surface area (TPSA) is 90.9 Å². The third-order valence-corrected chi connectivity index (χ3v) is 5.09. The van der Waals surface area contributed by atoms with Crippen LogP contribution in [0, 0.1) is 0 Å². The van der Waals surface area contributed by atoms with Crippen molar-refractivity contribution < 1.29 is 28.6 Å². The van der Waals surface area contributed by atoms with E-state index in [2.05, 4.69) is 5.32 Å². The van der Waals surface area contributed by atoms with Crippen molar-refractivity contribution in [2.45, 2.75) is 39.5 Å². The van der Waals surface area contributed by atoms with E-state index in [1.807, 2.05) is 6.92 Å². The Balaban J connectivity index is 2.45. The van der Waals surface area contributed by atoms with Crippen molar-refractivity contribution in [3.63, 3.8) is 0 Å². The molecule has 0 saturated carbocycles. The number of hydrogen-bond donors (Lipinski definition) is 1. The van der Waals surface area contributed by atoms with Gasteiger partial charge in [-0.3, -0.25) is 4.79 Å². The molecule has 0 bridgehead atoms. The van der Waals surface area contributed by atoms with Crippen molar-refractivity contribution in [3.05, 3.63) is 56.3 Å². The largest absolute Gasteiger partial charge is 0.466 e. The van der Waals surface area contributed by atoms with Crippen LogP contribution in [0.15, 0.2) is 40.7 Å². The molecule has 9 heteroatoms. The number of carbonyl (C=O) groups excluding carboxylic acids is 3. The first kappa shape index (κ1) is 23.8. The Morgan fingerprint density at radius 1 is 1.03 bits per heavy atom. The fourth-order valence-electron chi connectivity index (χ4n) is 3.19. The number of nitrogens with one attached hydrogen (secondary N) is 1. The normalized spacial score (nSPS) is 16.1. The van der Waals surface area contributed by atoms with Crippen LogP contribution in [0.1, 0.15) is 45.1 Å². The van der Waals surface area contributed by atoms with Crippen molar-refractivity contribution >= 4 is 41.1 Å². The minimum absolute atomic E-state index is 0.150. The van der Waals surface area contributed by atoms with Gasteiger partial charge in [0.05, 0.1) is 24.2 Å². The number of ether oxygens (including phenoxy) is 3. The molecule has 0 fully saturated rings. The van der Waals surface area contributed by atoms with Gasteiger partial charge in [-0.1, -0.05) is 36.2 Å². The second-order valence-corrected chi connectivity index (χ2v) is 7.45. The van der Waals surface area contributed by atoms with Crippen LogP contribution in [0.3, 0.4) is 0 Å². The van der Waals surface area contributed by atoms with E-state index >= 15 is 0 Å². The van der Waals surface area contributed by atoms with E-state index < -0.39 is 30.6 Å². The minimum Gasteiger partial charge on any atom is -0.466 e. The van der Waals surface area contributed by atoms with E-state index in [1.165, 1.54) is 13.2 Å². The lowest BCUT2D eigenvalue weighted by Crippen LogP contribution is -2.32. The van der Waals surface area contributed by atoms with Gasteiger partial charge in [-0.15, -0.1) is 0 Å². The molecule has 7 nitrogen and oxygen atoms in total. The summed E-state index contributed by atoms with van der Waals surface area (Å²) in [6.45, 7) is 4.67. The van der Waals surface area contributed by atoms with Crippen molar-refractivity contribution in [3.8, 4) is 0 Å². The molecule has 0 spiro atoms. The Kier molecular flexibility index (Phi) is 8.32. The van der Waals surface area contributed by atoms with Crippen molar-refractivity contribution in [2.24, 2.45) is 0 Å². The number of allylic oxidation sites excluding steroid dienone is 2. The van der Waals surface area contributed by atoms with Crippen LogP contribution >= 0.6 is 23.2 Å². The van der Waals surface area contributed by atoms with Crippen LogP contribution in [-0.2, 0) is 28.6 Å². The molecule has 0 amide bonds. The van der Waals surface area contributed by atoms with Gasteiger partial charge in [0.2, 0.25) is 6.79 Å². The molecule has 2 rings (SSSR count). The monoisotopic (exact) mass is 455 g/mol. The Bertz CT molecular complexity index is 922.